The molecule has 0 saturated carbocycles. The van der Waals surface area contributed by atoms with Crippen LogP contribution in [0.5, 0.6) is 0 Å². The summed E-state index contributed by atoms with van der Waals surface area (Å²) >= 11 is 1.32. The van der Waals surface area contributed by atoms with Crippen molar-refractivity contribution in [1.82, 2.24) is 29.4 Å². The minimum absolute atomic E-state index is 0.0949. The molecule has 1 aromatic carbocycles. The molecule has 9 nitrogen and oxygen atoms in total. The number of hydrogen-bond donors (Lipinski definition) is 1. The summed E-state index contributed by atoms with van der Waals surface area (Å²) in [5.74, 6) is 1.48. The minimum Gasteiger partial charge on any atom is -0.467 e. The first-order chi connectivity index (χ1) is 16.5. The van der Waals surface area contributed by atoms with Gasteiger partial charge in [-0.15, -0.1) is 10.2 Å². The molecule has 0 aliphatic carbocycles. The van der Waals surface area contributed by atoms with E-state index in [1.54, 1.807) is 12.3 Å². The fourth-order valence-electron chi connectivity index (χ4n) is 4.80. The number of hydrogen-bond acceptors (Lipinski definition) is 6. The molecule has 5 rings (SSSR count). The molecule has 0 unspecified atom stereocenters. The van der Waals surface area contributed by atoms with Crippen LogP contribution >= 0.6 is 11.8 Å². The highest BCUT2D eigenvalue weighted by atomic mass is 32.2. The predicted octanol–water partition coefficient (Wildman–Crippen LogP) is 3.48. The lowest BCUT2D eigenvalue weighted by Gasteiger charge is -2.39. The predicted molar refractivity (Wildman–Crippen MR) is 129 cm³/mol. The van der Waals surface area contributed by atoms with Crippen molar-refractivity contribution in [3.05, 3.63) is 48.4 Å². The molecule has 34 heavy (non-hydrogen) atoms. The monoisotopic (exact) mass is 480 g/mol. The van der Waals surface area contributed by atoms with Crippen LogP contribution in [0.15, 0.2) is 52.2 Å². The first-order valence-electron chi connectivity index (χ1n) is 11.6. The number of benzene rings is 1. The third-order valence-corrected chi connectivity index (χ3v) is 7.35. The maximum Gasteiger partial charge on any atom is 0.243 e. The number of nitrogens with one attached hydrogen (secondary N) is 1. The quantitative estimate of drug-likeness (QED) is 0.407. The number of thioether (sulfide) groups is 1. The number of furan rings is 1. The minimum atomic E-state index is -0.120. The highest BCUT2D eigenvalue weighted by Crippen LogP contribution is 2.27. The maximum absolute atomic E-state index is 13.3. The van der Waals surface area contributed by atoms with Crippen LogP contribution in [0.4, 0.5) is 0 Å². The Morgan fingerprint density at radius 1 is 1.09 bits per heavy atom. The first-order valence-corrected chi connectivity index (χ1v) is 12.6. The number of imidazole rings is 1. The van der Waals surface area contributed by atoms with E-state index in [1.807, 2.05) is 44.2 Å². The second-order valence-electron chi connectivity index (χ2n) is 8.77. The molecule has 4 heterocycles. The van der Waals surface area contributed by atoms with Gasteiger partial charge in [0.1, 0.15) is 12.3 Å². The van der Waals surface area contributed by atoms with E-state index in [0.29, 0.717) is 23.2 Å². The Balaban J connectivity index is 1.37. The van der Waals surface area contributed by atoms with Crippen LogP contribution in [0, 0.1) is 0 Å². The molecule has 1 fully saturated rings. The topological polar surface area (TPSA) is 97.7 Å². The van der Waals surface area contributed by atoms with Gasteiger partial charge < -0.3 is 14.6 Å². The lowest BCUT2D eigenvalue weighted by molar-refractivity contribution is -0.137. The van der Waals surface area contributed by atoms with Crippen LogP contribution in [-0.2, 0) is 22.7 Å². The van der Waals surface area contributed by atoms with Gasteiger partial charge in [0.2, 0.25) is 17.6 Å². The maximum atomic E-state index is 13.3. The Labute approximate surface area is 201 Å². The number of nitrogens with zero attached hydrogens (tertiary/aromatic N) is 5. The van der Waals surface area contributed by atoms with Gasteiger partial charge in [0.15, 0.2) is 5.16 Å². The Morgan fingerprint density at radius 2 is 1.85 bits per heavy atom. The van der Waals surface area contributed by atoms with E-state index in [-0.39, 0.29) is 36.2 Å². The fourth-order valence-corrected chi connectivity index (χ4v) is 5.57. The van der Waals surface area contributed by atoms with Crippen molar-refractivity contribution < 1.29 is 14.0 Å². The van der Waals surface area contributed by atoms with Crippen LogP contribution in [0.3, 0.4) is 0 Å². The van der Waals surface area contributed by atoms with Crippen molar-refractivity contribution >= 4 is 40.4 Å². The van der Waals surface area contributed by atoms with Gasteiger partial charge >= 0.3 is 0 Å². The summed E-state index contributed by atoms with van der Waals surface area (Å²) in [6.07, 6.45) is 4.80. The number of likely N-dealkylation sites (tertiary alicyclic amines) is 1. The summed E-state index contributed by atoms with van der Waals surface area (Å²) in [5, 5.41) is 12.2. The van der Waals surface area contributed by atoms with Gasteiger partial charge in [0.25, 0.3) is 0 Å². The second-order valence-corrected chi connectivity index (χ2v) is 9.71. The molecule has 1 aliphatic heterocycles. The lowest BCUT2D eigenvalue weighted by Crippen LogP contribution is -2.48. The lowest BCUT2D eigenvalue weighted by atomic mass is 9.97. The third-order valence-electron chi connectivity index (χ3n) is 6.42. The molecule has 1 saturated heterocycles. The summed E-state index contributed by atoms with van der Waals surface area (Å²) < 4.78 is 9.11. The number of piperidine rings is 1. The zero-order valence-corrected chi connectivity index (χ0v) is 20.1. The van der Waals surface area contributed by atoms with E-state index in [0.717, 1.165) is 30.3 Å². The van der Waals surface area contributed by atoms with Gasteiger partial charge in [-0.1, -0.05) is 23.9 Å². The van der Waals surface area contributed by atoms with Crippen molar-refractivity contribution in [2.24, 2.45) is 0 Å². The van der Waals surface area contributed by atoms with Crippen LogP contribution < -0.4 is 5.32 Å². The van der Waals surface area contributed by atoms with E-state index in [2.05, 4.69) is 29.4 Å². The highest BCUT2D eigenvalue weighted by molar-refractivity contribution is 7.99. The molecule has 0 radical (unpaired) electrons. The number of fused-ring (bicyclic) bond motifs is 3. The molecule has 0 bridgehead atoms. The highest BCUT2D eigenvalue weighted by Gasteiger charge is 2.30. The number of carbonyl (C=O) groups is 2. The van der Waals surface area contributed by atoms with E-state index < -0.39 is 0 Å². The van der Waals surface area contributed by atoms with Crippen LogP contribution in [-0.4, -0.2) is 53.7 Å². The van der Waals surface area contributed by atoms with E-state index >= 15 is 0 Å². The largest absolute Gasteiger partial charge is 0.467 e. The summed E-state index contributed by atoms with van der Waals surface area (Å²) in [6.45, 7) is 4.80. The summed E-state index contributed by atoms with van der Waals surface area (Å²) in [7, 11) is 0. The van der Waals surface area contributed by atoms with Crippen molar-refractivity contribution in [1.29, 1.82) is 0 Å². The number of amides is 2. The third kappa shape index (κ3) is 4.29. The Morgan fingerprint density at radius 3 is 2.59 bits per heavy atom. The summed E-state index contributed by atoms with van der Waals surface area (Å²) in [6, 6.07) is 12.0. The smallest absolute Gasteiger partial charge is 0.243 e. The number of carbonyl (C=O) groups excluding carboxylic acids is 2. The van der Waals surface area contributed by atoms with Crippen LogP contribution in [0.2, 0.25) is 0 Å². The second kappa shape index (κ2) is 9.54. The zero-order chi connectivity index (χ0) is 23.7. The molecule has 10 heteroatoms. The van der Waals surface area contributed by atoms with E-state index in [4.69, 9.17) is 4.42 Å². The molecule has 2 atom stereocenters. The van der Waals surface area contributed by atoms with Gasteiger partial charge in [0, 0.05) is 12.1 Å². The van der Waals surface area contributed by atoms with Crippen molar-refractivity contribution in [2.75, 3.05) is 5.75 Å². The Hall–Kier alpha value is -3.27. The summed E-state index contributed by atoms with van der Waals surface area (Å²) in [4.78, 5) is 27.7. The standard InChI is InChI=1S/C24H28N6O3S/c1-16-7-5-8-17(2)29(16)22(32)14-28-19-10-3-4-11-20(19)30-23(28)26-27-24(30)34-15-21(31)25-13-18-9-6-12-33-18/h3-4,6,9-12,16-17H,5,7-8,13-15H2,1-2H3,(H,25,31)/t16-,17-/m1/s1. The molecule has 2 amide bonds. The van der Waals surface area contributed by atoms with E-state index in [9.17, 15) is 9.59 Å². The molecule has 0 spiro atoms. The van der Waals surface area contributed by atoms with Crippen molar-refractivity contribution in [2.45, 2.75) is 63.4 Å². The summed E-state index contributed by atoms with van der Waals surface area (Å²) in [5.41, 5.74) is 1.83. The van der Waals surface area contributed by atoms with Crippen molar-refractivity contribution in [3.63, 3.8) is 0 Å². The molecule has 3 aromatic heterocycles. The van der Waals surface area contributed by atoms with E-state index in [1.165, 1.54) is 11.8 Å². The number of para-hydroxylation sites is 2. The molecule has 4 aromatic rings. The number of aromatic nitrogens is 4. The van der Waals surface area contributed by atoms with Crippen LogP contribution in [0.25, 0.3) is 16.8 Å². The van der Waals surface area contributed by atoms with Gasteiger partial charge in [-0.2, -0.15) is 0 Å². The average molecular weight is 481 g/mol. The Kier molecular flexibility index (Phi) is 6.32. The number of rotatable bonds is 7. The van der Waals surface area contributed by atoms with Crippen molar-refractivity contribution in [3.8, 4) is 0 Å². The van der Waals surface area contributed by atoms with Gasteiger partial charge in [-0.25, -0.2) is 0 Å². The molecular weight excluding hydrogens is 452 g/mol. The molecule has 178 valence electrons. The first kappa shape index (κ1) is 22.5. The zero-order valence-electron chi connectivity index (χ0n) is 19.3. The van der Waals surface area contributed by atoms with Gasteiger partial charge in [-0.05, 0) is 57.4 Å². The fraction of sp³-hybridized carbons (Fsp3) is 0.417. The molecular formula is C24H28N6O3S. The SMILES string of the molecule is C[C@@H]1CCC[C@@H](C)N1C(=O)Cn1c2ccccc2n2c(SCC(=O)NCc3ccco3)nnc12. The normalized spacial score (nSPS) is 18.6. The van der Waals surface area contributed by atoms with Crippen LogP contribution in [0.1, 0.15) is 38.9 Å². The molecule has 1 aliphatic rings. The Bertz CT molecular complexity index is 1300. The molecule has 1 N–H and O–H groups in total. The van der Waals surface area contributed by atoms with Gasteiger partial charge in [-0.3, -0.25) is 18.6 Å². The average Bonchev–Trinajstić information content (AvgIpc) is 3.55. The van der Waals surface area contributed by atoms with Gasteiger partial charge in [0.05, 0.1) is 29.6 Å².